The summed E-state index contributed by atoms with van der Waals surface area (Å²) in [5.74, 6) is 2.73. The zero-order chi connectivity index (χ0) is 74.3. The molecule has 11 rings (SSSR count). The number of nitrogens with one attached hydrogen (secondary N) is 1. The van der Waals surface area contributed by atoms with Crippen molar-refractivity contribution in [3.63, 3.8) is 0 Å². The molecule has 5 N–H and O–H groups in total. The second-order valence-electron chi connectivity index (χ2n) is 24.2. The van der Waals surface area contributed by atoms with Gasteiger partial charge in [0.2, 0.25) is 0 Å². The standard InChI is InChI=1S/C21H24ClN3O2.C11H12ClNO2.C10H13BrN2.C10H14ClNO.C10H10ClNO.C8H7ClO.C4H9.C2H3N.CH4.Al.Cu.HI.2Li.4H/c1-21(16-7-5-8-17(22)15-16)11-14-25(20(26)27-21)19-10-6-9-18(23-19)24-12-3-2-4-13-24;1-11(5-6-13-10(14)15-11)8-3-2-4-9(12)7-8;11-9-5-4-6-10(12-9)13-7-2-1-3-8-13;2*1-10(13,5-6-12)8-3-2-4-9(11)7-8;1-6(10)7-3-2-4-8(9)5-7;1-3-4-2;1-2-3;;;;;;;;;;/h5-10,15H,2-4,11-14H2,1H3;2-4,7H,5-6H2,1H3,(H,13,14);4-6H,1-3,7-8H2;2-4,7,13H,5-6,12H2,1H3;2-4,7,13H,5H2,1H3;2-5H,1H3;1,3-4H2,2H3;1H3;1H4;;;1H;;;;;;/q;;;;;;-1;;;;+1;;2*+1;;;;-1/p-1. The number of carbonyl (C=O) groups is 3. The van der Waals surface area contributed by atoms with Crippen molar-refractivity contribution >= 4 is 147 Å². The molecule has 7 aromatic rings. The molecule has 560 valence electrons. The van der Waals surface area contributed by atoms with Crippen molar-refractivity contribution in [1.29, 1.82) is 10.5 Å². The number of nitriles is 2. The zero-order valence-corrected chi connectivity index (χ0v) is 68.2. The third-order valence-corrected chi connectivity index (χ3v) is 17.6. The molecule has 4 aliphatic heterocycles. The molecule has 27 heteroatoms. The predicted molar refractivity (Wildman–Crippen MR) is 434 cm³/mol. The van der Waals surface area contributed by atoms with Gasteiger partial charge in [0.15, 0.2) is 23.1 Å². The summed E-state index contributed by atoms with van der Waals surface area (Å²) in [6, 6.07) is 51.6. The fraction of sp³-hybridized carbons (Fsp3) is 0.403. The molecule has 4 fully saturated rings. The molecule has 0 bridgehead atoms. The number of benzene rings is 5. The van der Waals surface area contributed by atoms with Gasteiger partial charge in [0.1, 0.15) is 33.3 Å². The first-order valence-corrected chi connectivity index (χ1v) is 38.5. The Labute approximate surface area is 707 Å². The van der Waals surface area contributed by atoms with E-state index in [1.54, 1.807) is 112 Å². The zero-order valence-electron chi connectivity index (χ0n) is 60.7. The molecule has 16 nitrogen and oxygen atoms in total. The largest absolute Gasteiger partial charge is 1.00 e. The van der Waals surface area contributed by atoms with Crippen LogP contribution in [0.25, 0.3) is 0 Å². The topological polar surface area (TPSA) is 231 Å². The molecular weight excluding hydrogens is 1650 g/mol. The van der Waals surface area contributed by atoms with E-state index >= 15 is 0 Å². The van der Waals surface area contributed by atoms with Gasteiger partial charge in [0, 0.05) is 89.7 Å². The Balaban J connectivity index is -0.00000118. The molecule has 4 unspecified atom stereocenters. The van der Waals surface area contributed by atoms with Gasteiger partial charge < -0.3 is 48.9 Å². The molecule has 4 atom stereocenters. The first-order chi connectivity index (χ1) is 47.7. The number of piperidine rings is 2. The van der Waals surface area contributed by atoms with E-state index in [1.165, 1.54) is 58.8 Å². The third kappa shape index (κ3) is 36.9. The monoisotopic (exact) mass is 1750 g/mol. The molecular formula is C77H100AlBrCl5CuILi2N9O7. The van der Waals surface area contributed by atoms with Gasteiger partial charge in [-0.15, -0.1) is 0 Å². The number of nitrogens with zero attached hydrogens (tertiary/aromatic N) is 7. The minimum Gasteiger partial charge on any atom is -1.00 e. The SMILES string of the molecule is Brc1cccc(N2CCCCC2)n1.C.CC#N.CC(=O)c1cccc(Cl)c1.CC(O)(CC#N)c1cccc(Cl)c1.CC(O)(CCN)c1cccc(Cl)c1.CC1(c2cccc(Cl)c2)CCN(c2cccc(N3CCCCC3)n2)C(=O)O1.CC1(c2cccc(Cl)c2)CCNC(=O)O1.[AlH3].[CH2-]CCC.[Cu][I].[H-].[Li+].[Li+]. The van der Waals surface area contributed by atoms with Crippen molar-refractivity contribution in [2.45, 2.75) is 155 Å². The number of anilines is 3. The fourth-order valence-electron chi connectivity index (χ4n) is 10.3. The summed E-state index contributed by atoms with van der Waals surface area (Å²) >= 11 is 38.5. The fourth-order valence-corrected chi connectivity index (χ4v) is 11.5. The van der Waals surface area contributed by atoms with Gasteiger partial charge in [-0.3, -0.25) is 9.69 Å². The van der Waals surface area contributed by atoms with Crippen LogP contribution in [0.4, 0.5) is 27.0 Å². The molecule has 2 amide bonds. The van der Waals surface area contributed by atoms with Crippen LogP contribution in [0.2, 0.25) is 25.1 Å². The number of cyclic esters (lactones) is 2. The Bertz CT molecular complexity index is 3740. The Hall–Kier alpha value is -4.02. The minimum atomic E-state index is -1.11. The average Bonchev–Trinajstić information content (AvgIpc) is 0.817. The van der Waals surface area contributed by atoms with Crippen molar-refractivity contribution in [2.75, 3.05) is 60.5 Å². The number of rotatable bonds is 12. The number of unbranched alkanes of at least 4 members (excludes halogenated alkanes) is 1. The van der Waals surface area contributed by atoms with Gasteiger partial charge in [-0.05, 0) is 209 Å². The molecule has 0 saturated carbocycles. The van der Waals surface area contributed by atoms with Crippen molar-refractivity contribution in [1.82, 2.24) is 15.3 Å². The molecule has 5 aromatic carbocycles. The van der Waals surface area contributed by atoms with Gasteiger partial charge in [-0.2, -0.15) is 16.9 Å². The molecule has 4 saturated heterocycles. The molecule has 0 radical (unpaired) electrons. The molecule has 2 aromatic heterocycles. The van der Waals surface area contributed by atoms with Crippen LogP contribution in [-0.4, -0.2) is 101 Å². The number of aliphatic hydroxyl groups is 2. The van der Waals surface area contributed by atoms with Crippen molar-refractivity contribution in [2.24, 2.45) is 5.73 Å². The van der Waals surface area contributed by atoms with Crippen LogP contribution in [0.15, 0.2) is 162 Å². The Morgan fingerprint density at radius 3 is 1.47 bits per heavy atom. The number of hydrogen-bond donors (Lipinski definition) is 4. The number of alkyl carbamates (subject to hydrolysis) is 1. The van der Waals surface area contributed by atoms with Gasteiger partial charge in [0.05, 0.1) is 29.8 Å². The maximum atomic E-state index is 12.8. The van der Waals surface area contributed by atoms with Crippen LogP contribution in [0.1, 0.15) is 167 Å². The number of pyridine rings is 2. The number of ketones is 1. The second kappa shape index (κ2) is 54.5. The van der Waals surface area contributed by atoms with E-state index in [0.29, 0.717) is 74.5 Å². The van der Waals surface area contributed by atoms with E-state index in [9.17, 15) is 24.6 Å². The van der Waals surface area contributed by atoms with Crippen LogP contribution >= 0.6 is 94.3 Å². The first kappa shape index (κ1) is 102. The van der Waals surface area contributed by atoms with Gasteiger partial charge in [0.25, 0.3) is 0 Å². The maximum Gasteiger partial charge on any atom is 1.00 e. The van der Waals surface area contributed by atoms with Crippen LogP contribution in [0.3, 0.4) is 0 Å². The van der Waals surface area contributed by atoms with Crippen LogP contribution in [0, 0.1) is 29.6 Å². The number of aromatic nitrogens is 2. The Kier molecular flexibility index (Phi) is 53.5. The van der Waals surface area contributed by atoms with Gasteiger partial charge >= 0.3 is 83.0 Å². The molecule has 6 heterocycles. The number of hydrogen-bond acceptors (Lipinski definition) is 14. The molecule has 4 aliphatic rings. The van der Waals surface area contributed by atoms with E-state index in [4.69, 9.17) is 88.7 Å². The number of ether oxygens (including phenoxy) is 2. The summed E-state index contributed by atoms with van der Waals surface area (Å²) in [7, 11) is 0. The number of Topliss-reactive ketones (excluding diaryl/α,β-unsaturated/α-hetero) is 1. The number of carbonyl (C=O) groups excluding carboxylic acids is 3. The number of nitrogens with two attached hydrogens (primary N) is 1. The van der Waals surface area contributed by atoms with E-state index in [2.05, 4.69) is 68.7 Å². The molecule has 0 aliphatic carbocycles. The van der Waals surface area contributed by atoms with Gasteiger partial charge in [-0.1, -0.05) is 152 Å². The second-order valence-corrected chi connectivity index (χ2v) is 27.2. The average molecular weight is 1750 g/mol. The van der Waals surface area contributed by atoms with Gasteiger partial charge in [-0.25, -0.2) is 19.6 Å². The van der Waals surface area contributed by atoms with E-state index in [0.717, 1.165) is 71.9 Å². The van der Waals surface area contributed by atoms with Crippen LogP contribution in [0.5, 0.6) is 0 Å². The van der Waals surface area contributed by atoms with Crippen LogP contribution < -0.4 is 63.5 Å². The molecule has 104 heavy (non-hydrogen) atoms. The summed E-state index contributed by atoms with van der Waals surface area (Å²) in [4.78, 5) is 50.1. The Morgan fingerprint density at radius 1 is 0.673 bits per heavy atom. The van der Waals surface area contributed by atoms with Crippen LogP contribution in [-0.2, 0) is 44.6 Å². The van der Waals surface area contributed by atoms with Crippen molar-refractivity contribution < 1.29 is 86.0 Å². The predicted octanol–water partition coefficient (Wildman–Crippen LogP) is 14.0. The number of halogens is 7. The quantitative estimate of drug-likeness (QED) is 0.0293. The summed E-state index contributed by atoms with van der Waals surface area (Å²) in [6.45, 7) is 21.8. The van der Waals surface area contributed by atoms with E-state index in [-0.39, 0.29) is 88.3 Å². The summed E-state index contributed by atoms with van der Waals surface area (Å²) in [5, 5.41) is 41.3. The molecule has 0 spiro atoms. The third-order valence-electron chi connectivity index (χ3n) is 16.0. The summed E-state index contributed by atoms with van der Waals surface area (Å²) in [5.41, 5.74) is 6.16. The van der Waals surface area contributed by atoms with E-state index < -0.39 is 22.4 Å². The summed E-state index contributed by atoms with van der Waals surface area (Å²) in [6.07, 6.45) is 11.2. The van der Waals surface area contributed by atoms with E-state index in [1.807, 2.05) is 105 Å². The normalized spacial score (nSPS) is 17.0. The maximum absolute atomic E-state index is 12.8. The first-order valence-electron chi connectivity index (χ1n) is 32.8. The Morgan fingerprint density at radius 2 is 1.08 bits per heavy atom. The number of amides is 2. The summed E-state index contributed by atoms with van der Waals surface area (Å²) < 4.78 is 12.1. The minimum absolute atomic E-state index is 0. The van der Waals surface area contributed by atoms with Crippen molar-refractivity contribution in [3.8, 4) is 12.1 Å². The smallest absolute Gasteiger partial charge is 1.00 e. The van der Waals surface area contributed by atoms with Crippen molar-refractivity contribution in [3.05, 3.63) is 222 Å².